The van der Waals surface area contributed by atoms with Crippen molar-refractivity contribution < 1.29 is 13.3 Å². The second-order valence-electron chi connectivity index (χ2n) is 5.13. The minimum atomic E-state index is -3.51. The quantitative estimate of drug-likeness (QED) is 0.651. The monoisotopic (exact) mass is 354 g/mol. The maximum absolute atomic E-state index is 11.5. The summed E-state index contributed by atoms with van der Waals surface area (Å²) in [5.74, 6) is 0. The van der Waals surface area contributed by atoms with Gasteiger partial charge in [-0.15, -0.1) is 0 Å². The zero-order valence-electron chi connectivity index (χ0n) is 12.5. The van der Waals surface area contributed by atoms with E-state index in [9.17, 15) is 18.5 Å². The fourth-order valence-corrected chi connectivity index (χ4v) is 2.95. The molecule has 1 unspecified atom stereocenters. The van der Waals surface area contributed by atoms with Crippen molar-refractivity contribution in [3.8, 4) is 0 Å². The van der Waals surface area contributed by atoms with Crippen LogP contribution in [0.25, 0.3) is 0 Å². The van der Waals surface area contributed by atoms with Gasteiger partial charge in [-0.05, 0) is 36.8 Å². The average molecular weight is 355 g/mol. The molecule has 0 aliphatic carbocycles. The minimum Gasteiger partial charge on any atom is -0.373 e. The van der Waals surface area contributed by atoms with Crippen LogP contribution in [0.5, 0.6) is 0 Å². The lowest BCUT2D eigenvalue weighted by Gasteiger charge is -2.16. The molecular weight excluding hydrogens is 340 g/mol. The zero-order chi connectivity index (χ0) is 17.2. The molecule has 8 heteroatoms. The lowest BCUT2D eigenvalue weighted by atomic mass is 10.1. The van der Waals surface area contributed by atoms with E-state index in [4.69, 9.17) is 11.6 Å². The summed E-state index contributed by atoms with van der Waals surface area (Å²) in [6.07, 6.45) is 1.01. The van der Waals surface area contributed by atoms with Gasteiger partial charge in [-0.2, -0.15) is 0 Å². The van der Waals surface area contributed by atoms with Crippen molar-refractivity contribution in [1.29, 1.82) is 0 Å². The molecule has 0 bridgehead atoms. The van der Waals surface area contributed by atoms with Crippen LogP contribution in [0.2, 0.25) is 5.02 Å². The Balaban J connectivity index is 2.38. The van der Waals surface area contributed by atoms with E-state index in [1.807, 2.05) is 13.0 Å². The molecule has 122 valence electrons. The summed E-state index contributed by atoms with van der Waals surface area (Å²) in [5.41, 5.74) is 0.815. The third-order valence-electron chi connectivity index (χ3n) is 3.31. The van der Waals surface area contributed by atoms with E-state index in [-0.39, 0.29) is 22.3 Å². The molecule has 0 heterocycles. The summed E-state index contributed by atoms with van der Waals surface area (Å²) in [6.45, 7) is 1.83. The van der Waals surface area contributed by atoms with Crippen LogP contribution in [0, 0.1) is 10.1 Å². The highest BCUT2D eigenvalue weighted by Crippen LogP contribution is 2.31. The van der Waals surface area contributed by atoms with Gasteiger partial charge in [0.25, 0.3) is 5.69 Å². The van der Waals surface area contributed by atoms with Crippen LogP contribution in [0.3, 0.4) is 0 Å². The number of anilines is 1. The van der Waals surface area contributed by atoms with Crippen molar-refractivity contribution in [2.24, 2.45) is 0 Å². The predicted octanol–water partition coefficient (Wildman–Crippen LogP) is 3.82. The number of nitrogens with zero attached hydrogens (tertiary/aromatic N) is 1. The summed E-state index contributed by atoms with van der Waals surface area (Å²) in [4.78, 5) is 10.5. The fraction of sp³-hybridized carbons (Fsp3) is 0.200. The average Bonchev–Trinajstić information content (AvgIpc) is 2.46. The molecule has 2 rings (SSSR count). The first-order chi connectivity index (χ1) is 10.7. The lowest BCUT2D eigenvalue weighted by Crippen LogP contribution is -2.09. The number of halogens is 1. The zero-order valence-corrected chi connectivity index (χ0v) is 14.1. The van der Waals surface area contributed by atoms with E-state index in [2.05, 4.69) is 5.32 Å². The smallest absolute Gasteiger partial charge is 0.293 e. The molecule has 0 aliphatic rings. The molecule has 0 aliphatic heterocycles. The van der Waals surface area contributed by atoms with Crippen molar-refractivity contribution in [3.05, 3.63) is 63.2 Å². The summed E-state index contributed by atoms with van der Waals surface area (Å²) < 4.78 is 23.1. The number of hydrogen-bond acceptors (Lipinski definition) is 5. The predicted molar refractivity (Wildman–Crippen MR) is 89.7 cm³/mol. The Kier molecular flexibility index (Phi) is 4.91. The Morgan fingerprint density at radius 3 is 2.48 bits per heavy atom. The standard InChI is InChI=1S/C15H15ClN2O4S/c1-10(11-4-3-5-12(16)8-11)17-14-7-6-13(23(2,21)22)9-15(14)18(19)20/h3-10,17H,1-2H3. The number of nitro benzene ring substituents is 1. The SMILES string of the molecule is CC(Nc1ccc(S(C)(=O)=O)cc1[N+](=O)[O-])c1cccc(Cl)c1. The summed E-state index contributed by atoms with van der Waals surface area (Å²) >= 11 is 5.94. The van der Waals surface area contributed by atoms with E-state index in [1.54, 1.807) is 18.2 Å². The molecular formula is C15H15ClN2O4S. The molecule has 23 heavy (non-hydrogen) atoms. The third kappa shape index (κ3) is 4.20. The molecule has 0 radical (unpaired) electrons. The topological polar surface area (TPSA) is 89.3 Å². The summed E-state index contributed by atoms with van der Waals surface area (Å²) in [7, 11) is -3.51. The van der Waals surface area contributed by atoms with E-state index in [0.717, 1.165) is 17.9 Å². The summed E-state index contributed by atoms with van der Waals surface area (Å²) in [6, 6.07) is 10.7. The van der Waals surface area contributed by atoms with Crippen LogP contribution < -0.4 is 5.32 Å². The molecule has 0 aromatic heterocycles. The van der Waals surface area contributed by atoms with Gasteiger partial charge >= 0.3 is 0 Å². The first-order valence-corrected chi connectivity index (χ1v) is 8.96. The van der Waals surface area contributed by atoms with Gasteiger partial charge in [-0.3, -0.25) is 10.1 Å². The highest BCUT2D eigenvalue weighted by molar-refractivity contribution is 7.90. The second-order valence-corrected chi connectivity index (χ2v) is 7.58. The normalized spacial score (nSPS) is 12.7. The molecule has 2 aromatic carbocycles. The first kappa shape index (κ1) is 17.2. The molecule has 1 atom stereocenters. The molecule has 0 saturated carbocycles. The number of rotatable bonds is 5. The Bertz CT molecular complexity index is 852. The van der Waals surface area contributed by atoms with Crippen molar-refractivity contribution >= 4 is 32.8 Å². The Morgan fingerprint density at radius 1 is 1.22 bits per heavy atom. The number of nitrogens with one attached hydrogen (secondary N) is 1. The maximum Gasteiger partial charge on any atom is 0.293 e. The van der Waals surface area contributed by atoms with Gasteiger partial charge in [-0.25, -0.2) is 8.42 Å². The molecule has 0 amide bonds. The molecule has 0 fully saturated rings. The molecule has 6 nitrogen and oxygen atoms in total. The van der Waals surface area contributed by atoms with Crippen LogP contribution in [0.4, 0.5) is 11.4 Å². The minimum absolute atomic E-state index is 0.0924. The van der Waals surface area contributed by atoms with Gasteiger partial charge in [0.2, 0.25) is 0 Å². The van der Waals surface area contributed by atoms with Crippen molar-refractivity contribution in [3.63, 3.8) is 0 Å². The van der Waals surface area contributed by atoms with Crippen LogP contribution >= 0.6 is 11.6 Å². The van der Waals surface area contributed by atoms with Gasteiger partial charge in [-0.1, -0.05) is 23.7 Å². The number of hydrogen-bond donors (Lipinski definition) is 1. The van der Waals surface area contributed by atoms with Crippen molar-refractivity contribution in [2.75, 3.05) is 11.6 Å². The molecule has 0 saturated heterocycles. The number of nitro groups is 1. The Morgan fingerprint density at radius 2 is 1.91 bits per heavy atom. The highest BCUT2D eigenvalue weighted by Gasteiger charge is 2.20. The van der Waals surface area contributed by atoms with Crippen LogP contribution in [-0.4, -0.2) is 19.6 Å². The van der Waals surface area contributed by atoms with Crippen molar-refractivity contribution in [2.45, 2.75) is 17.9 Å². The molecule has 0 spiro atoms. The van der Waals surface area contributed by atoms with E-state index < -0.39 is 14.8 Å². The molecule has 2 aromatic rings. The van der Waals surface area contributed by atoms with Gasteiger partial charge in [0.05, 0.1) is 9.82 Å². The number of benzene rings is 2. The van der Waals surface area contributed by atoms with Crippen LogP contribution in [0.15, 0.2) is 47.4 Å². The van der Waals surface area contributed by atoms with Crippen LogP contribution in [0.1, 0.15) is 18.5 Å². The number of sulfone groups is 1. The van der Waals surface area contributed by atoms with Crippen LogP contribution in [-0.2, 0) is 9.84 Å². The van der Waals surface area contributed by atoms with E-state index in [1.165, 1.54) is 12.1 Å². The first-order valence-electron chi connectivity index (χ1n) is 6.69. The van der Waals surface area contributed by atoms with Gasteiger partial charge in [0, 0.05) is 23.4 Å². The highest BCUT2D eigenvalue weighted by atomic mass is 35.5. The Labute approximate surface area is 139 Å². The third-order valence-corrected chi connectivity index (χ3v) is 4.66. The van der Waals surface area contributed by atoms with Gasteiger partial charge in [0.1, 0.15) is 5.69 Å². The summed E-state index contributed by atoms with van der Waals surface area (Å²) in [5, 5.41) is 14.8. The largest absolute Gasteiger partial charge is 0.373 e. The maximum atomic E-state index is 11.5. The van der Waals surface area contributed by atoms with Gasteiger partial charge < -0.3 is 5.32 Å². The second kappa shape index (κ2) is 6.55. The van der Waals surface area contributed by atoms with E-state index in [0.29, 0.717) is 5.02 Å². The Hall–Kier alpha value is -2.12. The van der Waals surface area contributed by atoms with Crippen molar-refractivity contribution in [1.82, 2.24) is 0 Å². The van der Waals surface area contributed by atoms with E-state index >= 15 is 0 Å². The molecule has 1 N–H and O–H groups in total. The lowest BCUT2D eigenvalue weighted by molar-refractivity contribution is -0.384. The fourth-order valence-electron chi connectivity index (χ4n) is 2.11. The van der Waals surface area contributed by atoms with Gasteiger partial charge in [0.15, 0.2) is 9.84 Å².